The van der Waals surface area contributed by atoms with Crippen LogP contribution < -0.4 is 10.1 Å². The molecule has 2 aromatic heterocycles. The van der Waals surface area contributed by atoms with Crippen LogP contribution in [0.2, 0.25) is 0 Å². The van der Waals surface area contributed by atoms with Crippen molar-refractivity contribution in [2.75, 3.05) is 6.61 Å². The second kappa shape index (κ2) is 9.10. The zero-order valence-electron chi connectivity index (χ0n) is 16.8. The summed E-state index contributed by atoms with van der Waals surface area (Å²) in [6.45, 7) is -1.36. The van der Waals surface area contributed by atoms with Crippen molar-refractivity contribution in [2.45, 2.75) is 18.4 Å². The SMILES string of the molecule is Cn1ccc(-c2cc(C(=O)N[C@@H](CO)C(F)(F)F)cnc2Oc2ccc(C(F)(F)F)cc2)n1. The number of amides is 1. The maximum atomic E-state index is 12.9. The van der Waals surface area contributed by atoms with Gasteiger partial charge in [-0.05, 0) is 36.4 Å². The van der Waals surface area contributed by atoms with E-state index in [-0.39, 0.29) is 28.5 Å². The monoisotopic (exact) mass is 474 g/mol. The summed E-state index contributed by atoms with van der Waals surface area (Å²) in [5, 5.41) is 14.7. The number of pyridine rings is 1. The Hall–Kier alpha value is -3.61. The number of aliphatic hydroxyl groups is 1. The fourth-order valence-electron chi connectivity index (χ4n) is 2.70. The highest BCUT2D eigenvalue weighted by Gasteiger charge is 2.40. The van der Waals surface area contributed by atoms with Crippen molar-refractivity contribution >= 4 is 5.91 Å². The molecule has 0 radical (unpaired) electrons. The molecule has 0 spiro atoms. The van der Waals surface area contributed by atoms with Crippen molar-refractivity contribution < 1.29 is 41.0 Å². The van der Waals surface area contributed by atoms with Crippen molar-refractivity contribution in [2.24, 2.45) is 7.05 Å². The van der Waals surface area contributed by atoms with E-state index >= 15 is 0 Å². The van der Waals surface area contributed by atoms with Crippen molar-refractivity contribution in [3.05, 3.63) is 59.9 Å². The van der Waals surface area contributed by atoms with Crippen molar-refractivity contribution in [3.63, 3.8) is 0 Å². The van der Waals surface area contributed by atoms with Gasteiger partial charge in [0.15, 0.2) is 0 Å². The minimum absolute atomic E-state index is 0.00213. The second-order valence-corrected chi connectivity index (χ2v) is 6.83. The molecule has 7 nitrogen and oxygen atoms in total. The van der Waals surface area contributed by atoms with Crippen LogP contribution in [0.25, 0.3) is 11.3 Å². The lowest BCUT2D eigenvalue weighted by Crippen LogP contribution is -2.47. The molecule has 3 aromatic rings. The molecule has 13 heteroatoms. The number of ether oxygens (including phenoxy) is 1. The van der Waals surface area contributed by atoms with Crippen molar-refractivity contribution in [1.29, 1.82) is 0 Å². The lowest BCUT2D eigenvalue weighted by molar-refractivity contribution is -0.161. The number of aromatic nitrogens is 3. The Bertz CT molecular complexity index is 1130. The van der Waals surface area contributed by atoms with Gasteiger partial charge in [-0.2, -0.15) is 31.4 Å². The minimum atomic E-state index is -4.87. The van der Waals surface area contributed by atoms with Crippen LogP contribution in [-0.4, -0.2) is 44.6 Å². The Morgan fingerprint density at radius 2 is 1.82 bits per heavy atom. The number of aliphatic hydroxyl groups excluding tert-OH is 1. The number of aryl methyl sites for hydroxylation is 1. The highest BCUT2D eigenvalue weighted by molar-refractivity contribution is 5.95. The molecule has 0 aliphatic heterocycles. The molecular formula is C20H16F6N4O3. The van der Waals surface area contributed by atoms with E-state index in [4.69, 9.17) is 9.84 Å². The number of nitrogens with one attached hydrogen (secondary N) is 1. The van der Waals surface area contributed by atoms with E-state index in [0.29, 0.717) is 0 Å². The van der Waals surface area contributed by atoms with Crippen LogP contribution in [0, 0.1) is 0 Å². The summed E-state index contributed by atoms with van der Waals surface area (Å²) in [6, 6.07) is 3.98. The van der Waals surface area contributed by atoms with Crippen molar-refractivity contribution in [1.82, 2.24) is 20.1 Å². The number of rotatable bonds is 6. The number of alkyl halides is 6. The largest absolute Gasteiger partial charge is 0.438 e. The smallest absolute Gasteiger partial charge is 0.416 e. The molecule has 33 heavy (non-hydrogen) atoms. The first-order valence-electron chi connectivity index (χ1n) is 9.22. The minimum Gasteiger partial charge on any atom is -0.438 e. The molecule has 0 unspecified atom stereocenters. The Balaban J connectivity index is 1.94. The standard InChI is InChI=1S/C20H16F6N4O3/c1-30-7-6-15(29-30)14-8-11(17(32)28-16(10-31)20(24,25)26)9-27-18(14)33-13-4-2-12(3-5-13)19(21,22)23/h2-9,16,31H,10H2,1H3,(H,28,32)/t16-/m0/s1. The molecule has 0 bridgehead atoms. The molecule has 3 rings (SSSR count). The summed E-state index contributed by atoms with van der Waals surface area (Å²) in [6.07, 6.45) is -6.91. The van der Waals surface area contributed by atoms with E-state index in [1.165, 1.54) is 16.8 Å². The Morgan fingerprint density at radius 3 is 2.33 bits per heavy atom. The average Bonchev–Trinajstić information content (AvgIpc) is 3.17. The van der Waals surface area contributed by atoms with Crippen LogP contribution in [0.1, 0.15) is 15.9 Å². The predicted molar refractivity (Wildman–Crippen MR) is 102 cm³/mol. The van der Waals surface area contributed by atoms with Gasteiger partial charge >= 0.3 is 12.4 Å². The van der Waals surface area contributed by atoms with E-state index in [2.05, 4.69) is 10.1 Å². The summed E-state index contributed by atoms with van der Waals surface area (Å²) in [7, 11) is 1.60. The summed E-state index contributed by atoms with van der Waals surface area (Å²) in [4.78, 5) is 16.3. The van der Waals surface area contributed by atoms with Gasteiger partial charge in [-0.1, -0.05) is 0 Å². The molecule has 0 saturated carbocycles. The zero-order valence-corrected chi connectivity index (χ0v) is 16.8. The Kier molecular flexibility index (Phi) is 6.63. The van der Waals surface area contributed by atoms with Gasteiger partial charge in [0.1, 0.15) is 11.8 Å². The van der Waals surface area contributed by atoms with Gasteiger partial charge < -0.3 is 15.2 Å². The van der Waals surface area contributed by atoms with Crippen LogP contribution in [0.3, 0.4) is 0 Å². The molecule has 2 heterocycles. The van der Waals surface area contributed by atoms with Crippen LogP contribution in [-0.2, 0) is 13.2 Å². The van der Waals surface area contributed by atoms with Crippen LogP contribution >= 0.6 is 0 Å². The van der Waals surface area contributed by atoms with Crippen LogP contribution in [0.4, 0.5) is 26.3 Å². The quantitative estimate of drug-likeness (QED) is 0.529. The number of halogens is 6. The third kappa shape index (κ3) is 5.80. The molecule has 176 valence electrons. The van der Waals surface area contributed by atoms with Gasteiger partial charge in [0.2, 0.25) is 5.88 Å². The molecule has 0 aliphatic carbocycles. The van der Waals surface area contributed by atoms with E-state index in [1.54, 1.807) is 18.6 Å². The molecule has 1 atom stereocenters. The first-order chi connectivity index (χ1) is 15.4. The highest BCUT2D eigenvalue weighted by Crippen LogP contribution is 2.34. The zero-order chi connectivity index (χ0) is 24.4. The fraction of sp³-hybridized carbons (Fsp3) is 0.250. The Morgan fingerprint density at radius 1 is 1.15 bits per heavy atom. The molecule has 2 N–H and O–H groups in total. The summed E-state index contributed by atoms with van der Waals surface area (Å²) >= 11 is 0. The van der Waals surface area contributed by atoms with Gasteiger partial charge in [0.25, 0.3) is 5.91 Å². The topological polar surface area (TPSA) is 89.3 Å². The Labute approximate surface area is 182 Å². The lowest BCUT2D eigenvalue weighted by Gasteiger charge is -2.19. The lowest BCUT2D eigenvalue weighted by atomic mass is 10.1. The van der Waals surface area contributed by atoms with Crippen molar-refractivity contribution in [3.8, 4) is 22.9 Å². The summed E-state index contributed by atoms with van der Waals surface area (Å²) < 4.78 is 83.8. The van der Waals surface area contributed by atoms with Gasteiger partial charge in [-0.15, -0.1) is 0 Å². The van der Waals surface area contributed by atoms with Gasteiger partial charge in [-0.25, -0.2) is 4.98 Å². The molecule has 1 amide bonds. The van der Waals surface area contributed by atoms with E-state index in [1.807, 2.05) is 0 Å². The molecule has 0 fully saturated rings. The number of nitrogens with zero attached hydrogens (tertiary/aromatic N) is 3. The third-order valence-corrected chi connectivity index (χ3v) is 4.38. The van der Waals surface area contributed by atoms with E-state index in [0.717, 1.165) is 30.5 Å². The maximum Gasteiger partial charge on any atom is 0.416 e. The number of benzene rings is 1. The molecular weight excluding hydrogens is 458 g/mol. The number of hydrogen-bond acceptors (Lipinski definition) is 5. The van der Waals surface area contributed by atoms with Crippen LogP contribution in [0.15, 0.2) is 48.8 Å². The third-order valence-electron chi connectivity index (χ3n) is 4.38. The number of carbonyl (C=O) groups excluding carboxylic acids is 1. The highest BCUT2D eigenvalue weighted by atomic mass is 19.4. The normalized spacial score (nSPS) is 13.0. The summed E-state index contributed by atoms with van der Waals surface area (Å²) in [5.41, 5.74) is -0.812. The summed E-state index contributed by atoms with van der Waals surface area (Å²) in [5.74, 6) is -1.29. The first kappa shape index (κ1) is 24.0. The van der Waals surface area contributed by atoms with Crippen LogP contribution in [0.5, 0.6) is 11.6 Å². The molecule has 0 saturated heterocycles. The predicted octanol–water partition coefficient (Wildman–Crippen LogP) is 3.95. The molecule has 0 aliphatic rings. The first-order valence-corrected chi connectivity index (χ1v) is 9.22. The van der Waals surface area contributed by atoms with E-state index in [9.17, 15) is 31.1 Å². The van der Waals surface area contributed by atoms with E-state index < -0.39 is 36.5 Å². The average molecular weight is 474 g/mol. The molecule has 1 aromatic carbocycles. The number of carbonyl (C=O) groups is 1. The maximum absolute atomic E-state index is 12.9. The number of hydrogen-bond donors (Lipinski definition) is 2. The second-order valence-electron chi connectivity index (χ2n) is 6.83. The van der Waals surface area contributed by atoms with Gasteiger partial charge in [0.05, 0.1) is 29.0 Å². The van der Waals surface area contributed by atoms with Gasteiger partial charge in [0, 0.05) is 19.4 Å². The van der Waals surface area contributed by atoms with Gasteiger partial charge in [-0.3, -0.25) is 9.48 Å². The fourth-order valence-corrected chi connectivity index (χ4v) is 2.70.